The fraction of sp³-hybridized carbons (Fsp3) is 0.462. The van der Waals surface area contributed by atoms with Crippen LogP contribution in [0.1, 0.15) is 26.1 Å². The maximum Gasteiger partial charge on any atom is 0.109 e. The van der Waals surface area contributed by atoms with E-state index in [1.54, 1.807) is 0 Å². The molecule has 0 amide bonds. The predicted molar refractivity (Wildman–Crippen MR) is 77.4 cm³/mol. The summed E-state index contributed by atoms with van der Waals surface area (Å²) in [7, 11) is 0. The van der Waals surface area contributed by atoms with Crippen molar-refractivity contribution in [3.63, 3.8) is 0 Å². The lowest BCUT2D eigenvalue weighted by molar-refractivity contribution is 0.534. The van der Waals surface area contributed by atoms with Crippen LogP contribution in [0.3, 0.4) is 0 Å². The molecule has 1 aromatic carbocycles. The lowest BCUT2D eigenvalue weighted by atomic mass is 10.2. The number of rotatable bonds is 4. The van der Waals surface area contributed by atoms with Crippen molar-refractivity contribution >= 4 is 34.2 Å². The molecule has 1 unspecified atom stereocenters. The van der Waals surface area contributed by atoms with E-state index in [1.165, 1.54) is 0 Å². The van der Waals surface area contributed by atoms with Crippen LogP contribution in [0.25, 0.3) is 11.0 Å². The fourth-order valence-corrected chi connectivity index (χ4v) is 2.32. The smallest absolute Gasteiger partial charge is 0.109 e. The molecule has 98 valence electrons. The average molecular weight is 286 g/mol. The highest BCUT2D eigenvalue weighted by Crippen LogP contribution is 2.28. The van der Waals surface area contributed by atoms with Crippen LogP contribution in [-0.4, -0.2) is 15.6 Å². The van der Waals surface area contributed by atoms with E-state index in [0.717, 1.165) is 36.2 Å². The summed E-state index contributed by atoms with van der Waals surface area (Å²) < 4.78 is 2.14. The van der Waals surface area contributed by atoms with Gasteiger partial charge >= 0.3 is 0 Å². The minimum atomic E-state index is 0.127. The molecule has 0 aliphatic heterocycles. The maximum absolute atomic E-state index is 6.08. The molecule has 0 radical (unpaired) electrons. The van der Waals surface area contributed by atoms with Gasteiger partial charge in [0, 0.05) is 19.0 Å². The Bertz CT molecular complexity index is 563. The maximum atomic E-state index is 6.08. The molecule has 2 aromatic rings. The van der Waals surface area contributed by atoms with Crippen molar-refractivity contribution in [3.8, 4) is 0 Å². The summed E-state index contributed by atoms with van der Waals surface area (Å²) in [5.41, 5.74) is 7.92. The molecule has 0 bridgehead atoms. The van der Waals surface area contributed by atoms with E-state index in [-0.39, 0.29) is 6.04 Å². The Morgan fingerprint density at radius 2 is 1.94 bits per heavy atom. The van der Waals surface area contributed by atoms with Crippen LogP contribution in [0.4, 0.5) is 0 Å². The largest absolute Gasteiger partial charge is 0.326 e. The number of benzene rings is 1. The predicted octanol–water partition coefficient (Wildman–Crippen LogP) is 3.64. The standard InChI is InChI=1S/C13H17Cl2N3/c1-3-8(16)7-18-12-6-10(15)9(14)5-11(12)17-13(18)4-2/h5-6,8H,3-4,7,16H2,1-2H3. The molecule has 0 spiro atoms. The number of nitrogens with zero attached hydrogens (tertiary/aromatic N) is 2. The molecule has 0 fully saturated rings. The molecule has 0 saturated carbocycles. The molecule has 5 heteroatoms. The third-order valence-corrected chi connectivity index (χ3v) is 3.85. The van der Waals surface area contributed by atoms with Crippen molar-refractivity contribution in [1.82, 2.24) is 9.55 Å². The van der Waals surface area contributed by atoms with Crippen LogP contribution in [0.5, 0.6) is 0 Å². The molecule has 3 nitrogen and oxygen atoms in total. The van der Waals surface area contributed by atoms with Gasteiger partial charge in [0.1, 0.15) is 5.82 Å². The van der Waals surface area contributed by atoms with Gasteiger partial charge < -0.3 is 10.3 Å². The van der Waals surface area contributed by atoms with Gasteiger partial charge in [0.15, 0.2) is 0 Å². The molecule has 0 aliphatic rings. The Hall–Kier alpha value is -0.770. The number of aryl methyl sites for hydroxylation is 1. The van der Waals surface area contributed by atoms with Crippen molar-refractivity contribution < 1.29 is 0 Å². The SMILES string of the molecule is CCc1nc2cc(Cl)c(Cl)cc2n1CC(N)CC. The zero-order chi connectivity index (χ0) is 13.3. The second-order valence-electron chi connectivity index (χ2n) is 4.42. The molecule has 1 aromatic heterocycles. The second kappa shape index (κ2) is 5.47. The quantitative estimate of drug-likeness (QED) is 0.932. The zero-order valence-electron chi connectivity index (χ0n) is 10.6. The van der Waals surface area contributed by atoms with Crippen molar-refractivity contribution in [2.24, 2.45) is 5.73 Å². The molecule has 2 N–H and O–H groups in total. The Morgan fingerprint density at radius 1 is 1.28 bits per heavy atom. The first-order valence-electron chi connectivity index (χ1n) is 6.16. The summed E-state index contributed by atoms with van der Waals surface area (Å²) in [6, 6.07) is 3.81. The lowest BCUT2D eigenvalue weighted by Gasteiger charge is -2.13. The van der Waals surface area contributed by atoms with Gasteiger partial charge in [-0.25, -0.2) is 4.98 Å². The molecule has 18 heavy (non-hydrogen) atoms. The molecule has 1 atom stereocenters. The van der Waals surface area contributed by atoms with Crippen molar-refractivity contribution in [3.05, 3.63) is 28.0 Å². The van der Waals surface area contributed by atoms with Gasteiger partial charge in [0.05, 0.1) is 21.1 Å². The van der Waals surface area contributed by atoms with Crippen LogP contribution in [0, 0.1) is 0 Å². The van der Waals surface area contributed by atoms with E-state index < -0.39 is 0 Å². The first-order valence-corrected chi connectivity index (χ1v) is 6.92. The second-order valence-corrected chi connectivity index (χ2v) is 5.23. The first-order chi connectivity index (χ1) is 8.56. The van der Waals surface area contributed by atoms with Gasteiger partial charge in [-0.3, -0.25) is 0 Å². The summed E-state index contributed by atoms with van der Waals surface area (Å²) in [6.45, 7) is 4.92. The van der Waals surface area contributed by atoms with Gasteiger partial charge in [0.25, 0.3) is 0 Å². The van der Waals surface area contributed by atoms with Crippen molar-refractivity contribution in [2.45, 2.75) is 39.3 Å². The van der Waals surface area contributed by atoms with Gasteiger partial charge in [-0.15, -0.1) is 0 Å². The van der Waals surface area contributed by atoms with Gasteiger partial charge in [-0.1, -0.05) is 37.0 Å². The van der Waals surface area contributed by atoms with Crippen molar-refractivity contribution in [1.29, 1.82) is 0 Å². The van der Waals surface area contributed by atoms with Crippen LogP contribution >= 0.6 is 23.2 Å². The van der Waals surface area contributed by atoms with Crippen LogP contribution in [0.15, 0.2) is 12.1 Å². The molecular weight excluding hydrogens is 269 g/mol. The Morgan fingerprint density at radius 3 is 2.56 bits per heavy atom. The monoisotopic (exact) mass is 285 g/mol. The highest BCUT2D eigenvalue weighted by molar-refractivity contribution is 6.42. The summed E-state index contributed by atoms with van der Waals surface area (Å²) in [4.78, 5) is 4.58. The van der Waals surface area contributed by atoms with Gasteiger partial charge in [0.2, 0.25) is 0 Å². The number of hydrogen-bond donors (Lipinski definition) is 1. The first kappa shape index (κ1) is 13.7. The topological polar surface area (TPSA) is 43.8 Å². The zero-order valence-corrected chi connectivity index (χ0v) is 12.1. The van der Waals surface area contributed by atoms with E-state index in [1.807, 2.05) is 12.1 Å². The van der Waals surface area contributed by atoms with Crippen LogP contribution in [-0.2, 0) is 13.0 Å². The number of fused-ring (bicyclic) bond motifs is 1. The number of hydrogen-bond acceptors (Lipinski definition) is 2. The molecule has 2 rings (SSSR count). The fourth-order valence-electron chi connectivity index (χ4n) is 2.01. The van der Waals surface area contributed by atoms with Crippen molar-refractivity contribution in [2.75, 3.05) is 0 Å². The van der Waals surface area contributed by atoms with E-state index in [0.29, 0.717) is 10.0 Å². The minimum absolute atomic E-state index is 0.127. The Balaban J connectivity index is 2.57. The molecular formula is C13H17Cl2N3. The van der Waals surface area contributed by atoms with E-state index in [2.05, 4.69) is 23.4 Å². The Kier molecular flexibility index (Phi) is 4.15. The van der Waals surface area contributed by atoms with Crippen LogP contribution in [0.2, 0.25) is 10.0 Å². The lowest BCUT2D eigenvalue weighted by Crippen LogP contribution is -2.26. The summed E-state index contributed by atoms with van der Waals surface area (Å²) in [5, 5.41) is 1.09. The van der Waals surface area contributed by atoms with E-state index in [4.69, 9.17) is 28.9 Å². The number of nitrogens with two attached hydrogens (primary N) is 1. The third-order valence-electron chi connectivity index (χ3n) is 3.13. The summed E-state index contributed by atoms with van der Waals surface area (Å²) >= 11 is 12.1. The van der Waals surface area contributed by atoms with Gasteiger partial charge in [-0.2, -0.15) is 0 Å². The molecule has 0 saturated heterocycles. The third kappa shape index (κ3) is 2.48. The Labute approximate surface area is 117 Å². The molecule has 1 heterocycles. The minimum Gasteiger partial charge on any atom is -0.326 e. The van der Waals surface area contributed by atoms with Gasteiger partial charge in [-0.05, 0) is 18.6 Å². The summed E-state index contributed by atoms with van der Waals surface area (Å²) in [6.07, 6.45) is 1.80. The highest BCUT2D eigenvalue weighted by Gasteiger charge is 2.13. The normalized spacial score (nSPS) is 13.2. The number of aromatic nitrogens is 2. The summed E-state index contributed by atoms with van der Waals surface area (Å²) in [5.74, 6) is 1.02. The number of imidazole rings is 1. The highest BCUT2D eigenvalue weighted by atomic mass is 35.5. The van der Waals surface area contributed by atoms with E-state index in [9.17, 15) is 0 Å². The van der Waals surface area contributed by atoms with Crippen LogP contribution < -0.4 is 5.73 Å². The average Bonchev–Trinajstić information content (AvgIpc) is 2.67. The number of halogens is 2. The van der Waals surface area contributed by atoms with E-state index >= 15 is 0 Å². The molecule has 0 aliphatic carbocycles.